The van der Waals surface area contributed by atoms with Crippen LogP contribution in [-0.2, 0) is 12.8 Å². The Balaban J connectivity index is 2.79. The summed E-state index contributed by atoms with van der Waals surface area (Å²) in [5.74, 6) is 1.86. The first kappa shape index (κ1) is 8.31. The second-order valence-electron chi connectivity index (χ2n) is 2.71. The number of oxazole rings is 1. The second-order valence-corrected chi connectivity index (χ2v) is 2.71. The van der Waals surface area contributed by atoms with Gasteiger partial charge in [0.25, 0.3) is 0 Å². The van der Waals surface area contributed by atoms with E-state index in [0.29, 0.717) is 0 Å². The number of rotatable bonds is 3. The third-order valence-corrected chi connectivity index (χ3v) is 1.73. The van der Waals surface area contributed by atoms with Gasteiger partial charge < -0.3 is 4.42 Å². The van der Waals surface area contributed by atoms with Crippen LogP contribution in [0.1, 0.15) is 37.6 Å². The topological polar surface area (TPSA) is 26.0 Å². The minimum atomic E-state index is 0.867. The lowest BCUT2D eigenvalue weighted by Gasteiger charge is -1.88. The molecule has 0 aliphatic carbocycles. The van der Waals surface area contributed by atoms with E-state index in [-0.39, 0.29) is 0 Å². The van der Waals surface area contributed by atoms with E-state index in [4.69, 9.17) is 4.42 Å². The molecule has 0 aliphatic heterocycles. The number of hydrogen-bond donors (Lipinski definition) is 0. The van der Waals surface area contributed by atoms with Gasteiger partial charge in [-0.1, -0.05) is 20.3 Å². The Morgan fingerprint density at radius 3 is 2.55 bits per heavy atom. The molecule has 0 radical (unpaired) electrons. The maximum atomic E-state index is 5.41. The van der Waals surface area contributed by atoms with Gasteiger partial charge in [0, 0.05) is 6.42 Å². The standard InChI is InChI=1S/C9H15NO/c1-4-6-8-7(3)11-9(5-2)10-8/h4-6H2,1-3H3. The van der Waals surface area contributed by atoms with E-state index in [1.54, 1.807) is 0 Å². The maximum absolute atomic E-state index is 5.41. The van der Waals surface area contributed by atoms with E-state index >= 15 is 0 Å². The second kappa shape index (κ2) is 3.56. The van der Waals surface area contributed by atoms with Gasteiger partial charge in [-0.25, -0.2) is 4.98 Å². The summed E-state index contributed by atoms with van der Waals surface area (Å²) in [6.45, 7) is 6.19. The molecule has 0 fully saturated rings. The summed E-state index contributed by atoms with van der Waals surface area (Å²) in [4.78, 5) is 4.35. The van der Waals surface area contributed by atoms with Crippen molar-refractivity contribution in [1.29, 1.82) is 0 Å². The Morgan fingerprint density at radius 2 is 2.09 bits per heavy atom. The predicted molar refractivity (Wildman–Crippen MR) is 44.6 cm³/mol. The van der Waals surface area contributed by atoms with Crippen LogP contribution in [0.15, 0.2) is 4.42 Å². The Labute approximate surface area is 67.6 Å². The number of nitrogens with zero attached hydrogens (tertiary/aromatic N) is 1. The molecular formula is C9H15NO. The molecule has 0 aliphatic rings. The van der Waals surface area contributed by atoms with Crippen LogP contribution in [0, 0.1) is 6.92 Å². The molecule has 0 unspecified atom stereocenters. The van der Waals surface area contributed by atoms with Gasteiger partial charge in [0.1, 0.15) is 5.76 Å². The summed E-state index contributed by atoms with van der Waals surface area (Å²) in [6.07, 6.45) is 3.07. The highest BCUT2D eigenvalue weighted by Crippen LogP contribution is 2.11. The Hall–Kier alpha value is -0.790. The summed E-state index contributed by atoms with van der Waals surface area (Å²) in [5, 5.41) is 0. The molecule has 2 heteroatoms. The molecule has 0 spiro atoms. The maximum Gasteiger partial charge on any atom is 0.194 e. The van der Waals surface area contributed by atoms with Crippen LogP contribution >= 0.6 is 0 Å². The van der Waals surface area contributed by atoms with Gasteiger partial charge in [0.05, 0.1) is 5.69 Å². The zero-order valence-electron chi connectivity index (χ0n) is 7.48. The fourth-order valence-corrected chi connectivity index (χ4v) is 1.11. The zero-order chi connectivity index (χ0) is 8.27. The molecule has 1 rings (SSSR count). The van der Waals surface area contributed by atoms with Crippen molar-refractivity contribution >= 4 is 0 Å². The van der Waals surface area contributed by atoms with Crippen LogP contribution in [0.3, 0.4) is 0 Å². The average molecular weight is 153 g/mol. The molecule has 1 heterocycles. The molecule has 1 aromatic heterocycles. The molecule has 0 N–H and O–H groups in total. The first-order chi connectivity index (χ1) is 5.27. The van der Waals surface area contributed by atoms with E-state index in [1.165, 1.54) is 0 Å². The highest BCUT2D eigenvalue weighted by atomic mass is 16.4. The average Bonchev–Trinajstić information content (AvgIpc) is 2.33. The van der Waals surface area contributed by atoms with Crippen molar-refractivity contribution in [3.8, 4) is 0 Å². The quantitative estimate of drug-likeness (QED) is 0.666. The molecule has 62 valence electrons. The molecule has 0 bridgehead atoms. The molecule has 0 amide bonds. The van der Waals surface area contributed by atoms with E-state index in [9.17, 15) is 0 Å². The van der Waals surface area contributed by atoms with Crippen molar-refractivity contribution in [1.82, 2.24) is 4.98 Å². The SMILES string of the molecule is CCCc1nc(CC)oc1C. The van der Waals surface area contributed by atoms with Crippen molar-refractivity contribution in [3.63, 3.8) is 0 Å². The van der Waals surface area contributed by atoms with Crippen molar-refractivity contribution in [2.45, 2.75) is 40.0 Å². The number of aromatic nitrogens is 1. The van der Waals surface area contributed by atoms with Crippen LogP contribution in [0.5, 0.6) is 0 Å². The fraction of sp³-hybridized carbons (Fsp3) is 0.667. The van der Waals surface area contributed by atoms with Crippen LogP contribution in [0.4, 0.5) is 0 Å². The minimum absolute atomic E-state index is 0.867. The van der Waals surface area contributed by atoms with Crippen molar-refractivity contribution in [2.24, 2.45) is 0 Å². The molecule has 0 saturated carbocycles. The highest BCUT2D eigenvalue weighted by Gasteiger charge is 2.05. The van der Waals surface area contributed by atoms with Crippen LogP contribution in [0.25, 0.3) is 0 Å². The Bertz CT molecular complexity index is 227. The van der Waals surface area contributed by atoms with Gasteiger partial charge in [-0.2, -0.15) is 0 Å². The van der Waals surface area contributed by atoms with E-state index in [0.717, 1.165) is 36.6 Å². The number of hydrogen-bond acceptors (Lipinski definition) is 2. The Morgan fingerprint density at radius 1 is 1.36 bits per heavy atom. The summed E-state index contributed by atoms with van der Waals surface area (Å²) < 4.78 is 5.41. The normalized spacial score (nSPS) is 10.5. The first-order valence-corrected chi connectivity index (χ1v) is 4.23. The molecule has 0 saturated heterocycles. The lowest BCUT2D eigenvalue weighted by atomic mass is 10.2. The molecular weight excluding hydrogens is 138 g/mol. The molecule has 11 heavy (non-hydrogen) atoms. The van der Waals surface area contributed by atoms with Crippen LogP contribution in [-0.4, -0.2) is 4.98 Å². The van der Waals surface area contributed by atoms with Gasteiger partial charge in [-0.3, -0.25) is 0 Å². The van der Waals surface area contributed by atoms with Crippen molar-refractivity contribution in [3.05, 3.63) is 17.3 Å². The van der Waals surface area contributed by atoms with E-state index in [1.807, 2.05) is 6.92 Å². The lowest BCUT2D eigenvalue weighted by Crippen LogP contribution is -1.86. The largest absolute Gasteiger partial charge is 0.446 e. The lowest BCUT2D eigenvalue weighted by molar-refractivity contribution is 0.476. The highest BCUT2D eigenvalue weighted by molar-refractivity contribution is 5.08. The van der Waals surface area contributed by atoms with Gasteiger partial charge in [-0.15, -0.1) is 0 Å². The smallest absolute Gasteiger partial charge is 0.194 e. The monoisotopic (exact) mass is 153 g/mol. The predicted octanol–water partition coefficient (Wildman–Crippen LogP) is 2.50. The number of aryl methyl sites for hydroxylation is 3. The third kappa shape index (κ3) is 1.82. The summed E-state index contributed by atoms with van der Waals surface area (Å²) in [7, 11) is 0. The van der Waals surface area contributed by atoms with Gasteiger partial charge >= 0.3 is 0 Å². The van der Waals surface area contributed by atoms with E-state index in [2.05, 4.69) is 18.8 Å². The summed E-state index contributed by atoms with van der Waals surface area (Å²) >= 11 is 0. The summed E-state index contributed by atoms with van der Waals surface area (Å²) in [5.41, 5.74) is 1.13. The first-order valence-electron chi connectivity index (χ1n) is 4.23. The van der Waals surface area contributed by atoms with E-state index < -0.39 is 0 Å². The van der Waals surface area contributed by atoms with Gasteiger partial charge in [-0.05, 0) is 13.3 Å². The summed E-state index contributed by atoms with van der Waals surface area (Å²) in [6, 6.07) is 0. The van der Waals surface area contributed by atoms with Crippen LogP contribution in [0.2, 0.25) is 0 Å². The molecule has 0 aromatic carbocycles. The van der Waals surface area contributed by atoms with Gasteiger partial charge in [0.15, 0.2) is 5.89 Å². The zero-order valence-corrected chi connectivity index (χ0v) is 7.48. The fourth-order valence-electron chi connectivity index (χ4n) is 1.11. The van der Waals surface area contributed by atoms with Gasteiger partial charge in [0.2, 0.25) is 0 Å². The van der Waals surface area contributed by atoms with Crippen molar-refractivity contribution < 1.29 is 4.42 Å². The Kier molecular flexibility index (Phi) is 2.69. The minimum Gasteiger partial charge on any atom is -0.446 e. The molecule has 0 atom stereocenters. The molecule has 1 aromatic rings. The molecule has 2 nitrogen and oxygen atoms in total. The van der Waals surface area contributed by atoms with Crippen molar-refractivity contribution in [2.75, 3.05) is 0 Å². The third-order valence-electron chi connectivity index (χ3n) is 1.73. The van der Waals surface area contributed by atoms with Crippen LogP contribution < -0.4 is 0 Å².